The lowest BCUT2D eigenvalue weighted by atomic mass is 9.83. The van der Waals surface area contributed by atoms with Crippen molar-refractivity contribution in [2.45, 2.75) is 5.66 Å². The summed E-state index contributed by atoms with van der Waals surface area (Å²) in [7, 11) is 0. The number of aromatic nitrogens is 3. The zero-order valence-corrected chi connectivity index (χ0v) is 21.7. The smallest absolute Gasteiger partial charge is 0.374 e. The molecule has 186 valence electrons. The fraction of sp³-hybridized carbons (Fsp3) is 0.0270. The number of pyridine rings is 3. The van der Waals surface area contributed by atoms with Crippen molar-refractivity contribution < 1.29 is 13.9 Å². The molecule has 1 atom stereocenters. The van der Waals surface area contributed by atoms with E-state index in [0.717, 1.165) is 11.5 Å². The monoisotopic (exact) mass is 521 g/mol. The molecule has 0 fully saturated rings. The molecule has 0 N–H and O–H groups in total. The van der Waals surface area contributed by atoms with Gasteiger partial charge in [0.05, 0.1) is 17.1 Å². The van der Waals surface area contributed by atoms with E-state index in [1.165, 1.54) is 82.2 Å². The summed E-state index contributed by atoms with van der Waals surface area (Å²) in [6.45, 7) is 0. The second-order valence-electron chi connectivity index (χ2n) is 11.7. The summed E-state index contributed by atoms with van der Waals surface area (Å²) in [6.07, 6.45) is 4.53. The summed E-state index contributed by atoms with van der Waals surface area (Å²) >= 11 is 0. The standard InChI is InChI=1S/C37H19N3O/c1-2-8-21-20(7-1)19-27-24-15-16-30-33-35(24)40-34-23(14-13-22(21)31(27)34)25-10-6-18-39(36(25)40)37(33)32-26(9-5-12-29(32)41-30)28-11-3-4-17-38(28)37/h1-19H/q+2. The first-order valence-corrected chi connectivity index (χ1v) is 14.2. The van der Waals surface area contributed by atoms with Gasteiger partial charge < -0.3 is 4.74 Å². The molecule has 4 nitrogen and oxygen atoms in total. The largest absolute Gasteiger partial charge is 0.456 e. The number of hydrogen-bond acceptors (Lipinski definition) is 1. The molecular formula is C37H19N3O+2. The van der Waals surface area contributed by atoms with Crippen molar-refractivity contribution in [3.8, 4) is 22.8 Å². The molecule has 0 saturated carbocycles. The molecule has 12 rings (SSSR count). The van der Waals surface area contributed by atoms with Crippen LogP contribution >= 0.6 is 0 Å². The average molecular weight is 522 g/mol. The minimum atomic E-state index is -0.598. The molecule has 41 heavy (non-hydrogen) atoms. The van der Waals surface area contributed by atoms with Crippen LogP contribution in [0.1, 0.15) is 11.1 Å². The Labute approximate surface area is 232 Å². The molecular weight excluding hydrogens is 502 g/mol. The number of benzene rings is 5. The van der Waals surface area contributed by atoms with Crippen LogP contribution in [0.15, 0.2) is 116 Å². The normalized spacial score (nSPS) is 17.6. The number of hydrogen-bond donors (Lipinski definition) is 0. The van der Waals surface area contributed by atoms with Gasteiger partial charge in [0, 0.05) is 28.3 Å². The number of fused-ring (bicyclic) bond motifs is 6. The summed E-state index contributed by atoms with van der Waals surface area (Å²) < 4.78 is 14.4. The van der Waals surface area contributed by atoms with Gasteiger partial charge in [0.2, 0.25) is 5.69 Å². The Morgan fingerprint density at radius 1 is 0.561 bits per heavy atom. The predicted octanol–water partition coefficient (Wildman–Crippen LogP) is 7.42. The van der Waals surface area contributed by atoms with E-state index in [1.807, 2.05) is 0 Å². The van der Waals surface area contributed by atoms with E-state index in [1.54, 1.807) is 0 Å². The van der Waals surface area contributed by atoms with Gasteiger partial charge in [-0.15, -0.1) is 4.57 Å². The number of nitrogens with zero attached hydrogens (tertiary/aromatic N) is 3. The van der Waals surface area contributed by atoms with Crippen LogP contribution < -0.4 is 13.9 Å². The van der Waals surface area contributed by atoms with E-state index >= 15 is 0 Å². The number of rotatable bonds is 0. The second kappa shape index (κ2) is 5.98. The molecule has 0 radical (unpaired) electrons. The van der Waals surface area contributed by atoms with Crippen LogP contribution in [0.3, 0.4) is 0 Å². The van der Waals surface area contributed by atoms with Crippen molar-refractivity contribution >= 4 is 59.8 Å². The SMILES string of the molecule is c1cc2c3c(c1)-c1cccc[n+]1C31c3c(ccc4c5cc6ccccc6c6ccc7c8ccc[n+]1c8n(c34)c7c65)O2. The Morgan fingerprint density at radius 3 is 2.37 bits per heavy atom. The maximum atomic E-state index is 6.82. The van der Waals surface area contributed by atoms with Crippen molar-refractivity contribution in [2.24, 2.45) is 0 Å². The molecule has 7 heterocycles. The molecule has 9 aromatic rings. The van der Waals surface area contributed by atoms with Crippen molar-refractivity contribution in [1.29, 1.82) is 0 Å². The van der Waals surface area contributed by atoms with E-state index < -0.39 is 5.66 Å². The first kappa shape index (κ1) is 19.6. The minimum Gasteiger partial charge on any atom is -0.456 e. The Bertz CT molecular complexity index is 2740. The Morgan fingerprint density at radius 2 is 1.37 bits per heavy atom. The Kier molecular flexibility index (Phi) is 2.85. The summed E-state index contributed by atoms with van der Waals surface area (Å²) in [4.78, 5) is 0. The molecule has 0 amide bonds. The van der Waals surface area contributed by atoms with Crippen molar-refractivity contribution in [3.63, 3.8) is 0 Å². The van der Waals surface area contributed by atoms with Crippen molar-refractivity contribution in [1.82, 2.24) is 4.40 Å². The lowest BCUT2D eigenvalue weighted by molar-refractivity contribution is -0.954. The maximum absolute atomic E-state index is 6.82. The lowest BCUT2D eigenvalue weighted by Crippen LogP contribution is -2.74. The maximum Gasteiger partial charge on any atom is 0.374 e. The summed E-state index contributed by atoms with van der Waals surface area (Å²) in [6, 6.07) is 37.9. The fourth-order valence-corrected chi connectivity index (χ4v) is 8.79. The highest BCUT2D eigenvalue weighted by atomic mass is 16.5. The van der Waals surface area contributed by atoms with Gasteiger partial charge in [-0.3, -0.25) is 0 Å². The zero-order chi connectivity index (χ0) is 26.2. The predicted molar refractivity (Wildman–Crippen MR) is 160 cm³/mol. The number of ether oxygens (including phenoxy) is 1. The quantitative estimate of drug-likeness (QED) is 0.116. The minimum absolute atomic E-state index is 0.598. The van der Waals surface area contributed by atoms with Gasteiger partial charge in [-0.05, 0) is 76.1 Å². The lowest BCUT2D eigenvalue weighted by Gasteiger charge is -2.33. The third-order valence-electron chi connectivity index (χ3n) is 10.1. The van der Waals surface area contributed by atoms with Crippen LogP contribution in [-0.2, 0) is 5.66 Å². The molecule has 0 bridgehead atoms. The fourth-order valence-electron chi connectivity index (χ4n) is 8.79. The topological polar surface area (TPSA) is 21.4 Å². The van der Waals surface area contributed by atoms with E-state index in [9.17, 15) is 0 Å². The molecule has 1 spiro atoms. The molecule has 0 saturated heterocycles. The molecule has 5 aromatic carbocycles. The van der Waals surface area contributed by atoms with Crippen molar-refractivity contribution in [2.75, 3.05) is 0 Å². The van der Waals surface area contributed by atoms with Gasteiger partial charge in [-0.2, -0.15) is 8.97 Å². The Hall–Kier alpha value is -5.48. The van der Waals surface area contributed by atoms with Crippen LogP contribution in [0.5, 0.6) is 11.5 Å². The molecule has 4 aromatic heterocycles. The van der Waals surface area contributed by atoms with Gasteiger partial charge in [-0.25, -0.2) is 0 Å². The van der Waals surface area contributed by atoms with Crippen molar-refractivity contribution in [3.05, 3.63) is 127 Å². The second-order valence-corrected chi connectivity index (χ2v) is 11.7. The van der Waals surface area contributed by atoms with E-state index in [0.29, 0.717) is 0 Å². The van der Waals surface area contributed by atoms with Gasteiger partial charge in [0.25, 0.3) is 0 Å². The summed E-state index contributed by atoms with van der Waals surface area (Å²) in [5.74, 6) is 1.85. The third-order valence-corrected chi connectivity index (χ3v) is 10.1. The molecule has 0 aliphatic carbocycles. The molecule has 4 heteroatoms. The van der Waals surface area contributed by atoms with Gasteiger partial charge in [0.15, 0.2) is 17.3 Å². The highest BCUT2D eigenvalue weighted by molar-refractivity contribution is 6.33. The molecule has 3 aliphatic rings. The van der Waals surface area contributed by atoms with Crippen LogP contribution in [-0.4, -0.2) is 4.40 Å². The first-order valence-electron chi connectivity index (χ1n) is 14.2. The Balaban J connectivity index is 1.48. The third kappa shape index (κ3) is 1.80. The highest BCUT2D eigenvalue weighted by Crippen LogP contribution is 2.57. The van der Waals surface area contributed by atoms with Gasteiger partial charge in [0.1, 0.15) is 22.6 Å². The summed E-state index contributed by atoms with van der Waals surface area (Å²) in [5.41, 5.74) is 8.03. The average Bonchev–Trinajstić information content (AvgIpc) is 3.53. The molecule has 3 aliphatic heterocycles. The van der Waals surface area contributed by atoms with Crippen LogP contribution in [0.2, 0.25) is 0 Å². The highest BCUT2D eigenvalue weighted by Gasteiger charge is 2.67. The zero-order valence-electron chi connectivity index (χ0n) is 21.7. The van der Waals surface area contributed by atoms with Crippen LogP contribution in [0.4, 0.5) is 0 Å². The van der Waals surface area contributed by atoms with E-state index in [-0.39, 0.29) is 0 Å². The van der Waals surface area contributed by atoms with Crippen LogP contribution in [0.25, 0.3) is 71.0 Å². The van der Waals surface area contributed by atoms with Gasteiger partial charge >= 0.3 is 11.3 Å². The summed E-state index contributed by atoms with van der Waals surface area (Å²) in [5, 5.41) is 10.4. The van der Waals surface area contributed by atoms with Gasteiger partial charge in [-0.1, -0.05) is 36.4 Å². The van der Waals surface area contributed by atoms with Crippen LogP contribution in [0, 0.1) is 0 Å². The first-order chi connectivity index (χ1) is 20.4. The molecule has 1 unspecified atom stereocenters. The van der Waals surface area contributed by atoms with E-state index in [4.69, 9.17) is 4.74 Å². The van der Waals surface area contributed by atoms with E-state index in [2.05, 4.69) is 129 Å².